The predicted molar refractivity (Wildman–Crippen MR) is 80.7 cm³/mol. The number of aryl methyl sites for hydroxylation is 2. The van der Waals surface area contributed by atoms with E-state index in [0.29, 0.717) is 0 Å². The highest BCUT2D eigenvalue weighted by Gasteiger charge is 2.19. The first kappa shape index (κ1) is 14.3. The van der Waals surface area contributed by atoms with Crippen molar-refractivity contribution in [2.45, 2.75) is 20.0 Å². The summed E-state index contributed by atoms with van der Waals surface area (Å²) in [6.45, 7) is 4.07. The Hall–Kier alpha value is -2.13. The zero-order valence-corrected chi connectivity index (χ0v) is 12.0. The topological polar surface area (TPSA) is 38.3 Å². The quantitative estimate of drug-likeness (QED) is 0.920. The molecule has 2 aromatic rings. The van der Waals surface area contributed by atoms with Gasteiger partial charge in [-0.25, -0.2) is 0 Å². The number of amides is 1. The molecule has 3 nitrogen and oxygen atoms in total. The molecule has 0 aliphatic rings. The molecule has 0 aliphatic carbocycles. The maximum absolute atomic E-state index is 12.3. The minimum atomic E-state index is -0.599. The smallest absolute Gasteiger partial charge is 0.258 e. The monoisotopic (exact) mass is 269 g/mol. The lowest BCUT2D eigenvalue weighted by molar-refractivity contribution is -0.126. The van der Waals surface area contributed by atoms with Crippen LogP contribution in [0.3, 0.4) is 0 Å². The highest BCUT2D eigenvalue weighted by atomic mass is 16.5. The highest BCUT2D eigenvalue weighted by Crippen LogP contribution is 2.20. The van der Waals surface area contributed by atoms with Crippen molar-refractivity contribution in [3.8, 4) is 0 Å². The van der Waals surface area contributed by atoms with E-state index in [1.807, 2.05) is 62.4 Å². The van der Waals surface area contributed by atoms with Crippen molar-refractivity contribution in [1.29, 1.82) is 0 Å². The summed E-state index contributed by atoms with van der Waals surface area (Å²) in [5, 5.41) is 2.90. The summed E-state index contributed by atoms with van der Waals surface area (Å²) in [5.41, 5.74) is 3.98. The summed E-state index contributed by atoms with van der Waals surface area (Å²) < 4.78 is 5.31. The molecule has 3 heteroatoms. The number of methoxy groups -OCH3 is 1. The lowest BCUT2D eigenvalue weighted by Crippen LogP contribution is -2.22. The number of hydrogen-bond donors (Lipinski definition) is 1. The number of carbonyl (C=O) groups is 1. The fourth-order valence-electron chi connectivity index (χ4n) is 2.05. The van der Waals surface area contributed by atoms with Crippen LogP contribution >= 0.6 is 0 Å². The molecule has 0 bridgehead atoms. The second-order valence-corrected chi connectivity index (χ2v) is 4.81. The predicted octanol–water partition coefficient (Wildman–Crippen LogP) is 3.63. The maximum atomic E-state index is 12.3. The number of hydrogen-bond acceptors (Lipinski definition) is 2. The Morgan fingerprint density at radius 2 is 1.75 bits per heavy atom. The SMILES string of the molecule is CO[C@H](C(=O)Nc1ccc(C)c(C)c1)c1ccccc1. The number of carbonyl (C=O) groups excluding carboxylic acids is 1. The zero-order valence-electron chi connectivity index (χ0n) is 12.0. The Labute approximate surface area is 119 Å². The first-order chi connectivity index (χ1) is 9.61. The molecule has 0 saturated carbocycles. The van der Waals surface area contributed by atoms with Crippen LogP contribution in [0.1, 0.15) is 22.8 Å². The second-order valence-electron chi connectivity index (χ2n) is 4.81. The molecule has 1 amide bonds. The third-order valence-electron chi connectivity index (χ3n) is 3.35. The van der Waals surface area contributed by atoms with E-state index in [1.165, 1.54) is 12.7 Å². The van der Waals surface area contributed by atoms with E-state index in [-0.39, 0.29) is 5.91 Å². The van der Waals surface area contributed by atoms with Crippen LogP contribution in [0.2, 0.25) is 0 Å². The van der Waals surface area contributed by atoms with Gasteiger partial charge in [0.05, 0.1) is 0 Å². The van der Waals surface area contributed by atoms with Gasteiger partial charge in [-0.1, -0.05) is 36.4 Å². The fraction of sp³-hybridized carbons (Fsp3) is 0.235. The normalized spacial score (nSPS) is 11.9. The largest absolute Gasteiger partial charge is 0.367 e. The Bertz CT molecular complexity index is 593. The molecule has 0 unspecified atom stereocenters. The van der Waals surface area contributed by atoms with E-state index in [0.717, 1.165) is 16.8 Å². The van der Waals surface area contributed by atoms with Gasteiger partial charge in [0.15, 0.2) is 6.10 Å². The summed E-state index contributed by atoms with van der Waals surface area (Å²) in [4.78, 5) is 12.3. The van der Waals surface area contributed by atoms with E-state index >= 15 is 0 Å². The standard InChI is InChI=1S/C17H19NO2/c1-12-9-10-15(11-13(12)2)18-17(19)16(20-3)14-7-5-4-6-8-14/h4-11,16H,1-3H3,(H,18,19)/t16-/m0/s1. The van der Waals surface area contributed by atoms with Crippen molar-refractivity contribution >= 4 is 11.6 Å². The van der Waals surface area contributed by atoms with E-state index in [9.17, 15) is 4.79 Å². The van der Waals surface area contributed by atoms with Crippen LogP contribution in [0.4, 0.5) is 5.69 Å². The van der Waals surface area contributed by atoms with Crippen LogP contribution in [-0.4, -0.2) is 13.0 Å². The average Bonchev–Trinajstić information content (AvgIpc) is 2.45. The molecular formula is C17H19NO2. The fourth-order valence-corrected chi connectivity index (χ4v) is 2.05. The molecule has 0 saturated heterocycles. The number of rotatable bonds is 4. The maximum Gasteiger partial charge on any atom is 0.258 e. The molecule has 1 N–H and O–H groups in total. The van der Waals surface area contributed by atoms with Gasteiger partial charge in [0.2, 0.25) is 0 Å². The van der Waals surface area contributed by atoms with Gasteiger partial charge in [-0.15, -0.1) is 0 Å². The Morgan fingerprint density at radius 3 is 2.35 bits per heavy atom. The Kier molecular flexibility index (Phi) is 4.53. The van der Waals surface area contributed by atoms with Crippen LogP contribution < -0.4 is 5.32 Å². The van der Waals surface area contributed by atoms with E-state index in [4.69, 9.17) is 4.74 Å². The van der Waals surface area contributed by atoms with Gasteiger partial charge in [-0.05, 0) is 42.7 Å². The third kappa shape index (κ3) is 3.25. The van der Waals surface area contributed by atoms with E-state index in [2.05, 4.69) is 5.32 Å². The third-order valence-corrected chi connectivity index (χ3v) is 3.35. The Balaban J connectivity index is 2.15. The molecule has 0 spiro atoms. The van der Waals surface area contributed by atoms with Gasteiger partial charge in [-0.3, -0.25) is 4.79 Å². The van der Waals surface area contributed by atoms with Gasteiger partial charge in [-0.2, -0.15) is 0 Å². The summed E-state index contributed by atoms with van der Waals surface area (Å²) in [7, 11) is 1.54. The molecule has 2 aromatic carbocycles. The summed E-state index contributed by atoms with van der Waals surface area (Å²) >= 11 is 0. The van der Waals surface area contributed by atoms with Crippen LogP contribution in [0.5, 0.6) is 0 Å². The average molecular weight is 269 g/mol. The second kappa shape index (κ2) is 6.35. The van der Waals surface area contributed by atoms with Gasteiger partial charge in [0, 0.05) is 12.8 Å². The minimum Gasteiger partial charge on any atom is -0.367 e. The van der Waals surface area contributed by atoms with Crippen molar-refractivity contribution in [2.24, 2.45) is 0 Å². The molecule has 20 heavy (non-hydrogen) atoms. The van der Waals surface area contributed by atoms with Crippen molar-refractivity contribution in [1.82, 2.24) is 0 Å². The van der Waals surface area contributed by atoms with Crippen molar-refractivity contribution < 1.29 is 9.53 Å². The molecule has 0 aliphatic heterocycles. The highest BCUT2D eigenvalue weighted by molar-refractivity contribution is 5.95. The van der Waals surface area contributed by atoms with Crippen LogP contribution in [0.25, 0.3) is 0 Å². The van der Waals surface area contributed by atoms with Crippen LogP contribution in [0.15, 0.2) is 48.5 Å². The van der Waals surface area contributed by atoms with Crippen LogP contribution in [0, 0.1) is 13.8 Å². The number of nitrogens with one attached hydrogen (secondary N) is 1. The lowest BCUT2D eigenvalue weighted by Gasteiger charge is -2.16. The van der Waals surface area contributed by atoms with E-state index in [1.54, 1.807) is 0 Å². The van der Waals surface area contributed by atoms with Gasteiger partial charge in [0.25, 0.3) is 5.91 Å². The summed E-state index contributed by atoms with van der Waals surface area (Å²) in [5.74, 6) is -0.165. The molecule has 0 aromatic heterocycles. The zero-order chi connectivity index (χ0) is 14.5. The van der Waals surface area contributed by atoms with Gasteiger partial charge < -0.3 is 10.1 Å². The molecule has 0 fully saturated rings. The molecule has 1 atom stereocenters. The summed E-state index contributed by atoms with van der Waals surface area (Å²) in [6.07, 6.45) is -0.599. The van der Waals surface area contributed by atoms with Crippen LogP contribution in [-0.2, 0) is 9.53 Å². The first-order valence-electron chi connectivity index (χ1n) is 6.57. The number of anilines is 1. The lowest BCUT2D eigenvalue weighted by atomic mass is 10.1. The molecule has 104 valence electrons. The van der Waals surface area contributed by atoms with Crippen molar-refractivity contribution in [3.05, 3.63) is 65.2 Å². The number of benzene rings is 2. The van der Waals surface area contributed by atoms with E-state index < -0.39 is 6.10 Å². The first-order valence-corrected chi connectivity index (χ1v) is 6.57. The number of ether oxygens (including phenoxy) is 1. The van der Waals surface area contributed by atoms with Crippen molar-refractivity contribution in [3.63, 3.8) is 0 Å². The molecular weight excluding hydrogens is 250 g/mol. The molecule has 0 radical (unpaired) electrons. The van der Waals surface area contributed by atoms with Gasteiger partial charge in [0.1, 0.15) is 0 Å². The molecule has 2 rings (SSSR count). The summed E-state index contributed by atoms with van der Waals surface area (Å²) in [6, 6.07) is 15.3. The Morgan fingerprint density at radius 1 is 1.05 bits per heavy atom. The van der Waals surface area contributed by atoms with Gasteiger partial charge >= 0.3 is 0 Å². The van der Waals surface area contributed by atoms with Crippen molar-refractivity contribution in [2.75, 3.05) is 12.4 Å². The molecule has 0 heterocycles. The minimum absolute atomic E-state index is 0.165.